The number of benzene rings is 2. The first-order valence-electron chi connectivity index (χ1n) is 7.05. The molecule has 0 saturated heterocycles. The van der Waals surface area contributed by atoms with Gasteiger partial charge in [0.05, 0.1) is 7.11 Å². The number of fused-ring (bicyclic) bond motifs is 1. The number of hydrogen-bond acceptors (Lipinski definition) is 3. The maximum atomic E-state index is 14.1. The summed E-state index contributed by atoms with van der Waals surface area (Å²) in [4.78, 5) is 2.18. The van der Waals surface area contributed by atoms with E-state index in [1.54, 1.807) is 12.1 Å². The molecule has 0 unspecified atom stereocenters. The van der Waals surface area contributed by atoms with Crippen molar-refractivity contribution in [2.24, 2.45) is 0 Å². The van der Waals surface area contributed by atoms with Crippen molar-refractivity contribution in [3.8, 4) is 5.75 Å². The summed E-state index contributed by atoms with van der Waals surface area (Å²) in [6.45, 7) is 3.45. The number of anilines is 2. The van der Waals surface area contributed by atoms with Gasteiger partial charge in [-0.3, -0.25) is 0 Å². The molecule has 1 aliphatic rings. The lowest BCUT2D eigenvalue weighted by Gasteiger charge is -2.20. The van der Waals surface area contributed by atoms with Crippen molar-refractivity contribution in [2.45, 2.75) is 19.9 Å². The zero-order valence-corrected chi connectivity index (χ0v) is 12.3. The number of nitrogens with zero attached hydrogens (tertiary/aromatic N) is 1. The van der Waals surface area contributed by atoms with Gasteiger partial charge in [0.25, 0.3) is 0 Å². The molecule has 1 heterocycles. The molecule has 0 bridgehead atoms. The molecule has 4 heteroatoms. The Morgan fingerprint density at radius 2 is 2.10 bits per heavy atom. The van der Waals surface area contributed by atoms with Crippen molar-refractivity contribution < 1.29 is 9.13 Å². The maximum Gasteiger partial charge on any atom is 0.131 e. The van der Waals surface area contributed by atoms with Gasteiger partial charge in [-0.25, -0.2) is 4.39 Å². The molecule has 2 N–H and O–H groups in total. The van der Waals surface area contributed by atoms with Crippen LogP contribution in [-0.2, 0) is 13.0 Å². The van der Waals surface area contributed by atoms with Crippen LogP contribution in [0.2, 0.25) is 0 Å². The second-order valence-electron chi connectivity index (χ2n) is 5.47. The summed E-state index contributed by atoms with van der Waals surface area (Å²) in [6, 6.07) is 9.13. The lowest BCUT2D eigenvalue weighted by Crippen LogP contribution is -2.20. The van der Waals surface area contributed by atoms with Gasteiger partial charge in [-0.15, -0.1) is 0 Å². The van der Waals surface area contributed by atoms with Crippen LogP contribution in [-0.4, -0.2) is 13.7 Å². The maximum absolute atomic E-state index is 14.1. The highest BCUT2D eigenvalue weighted by Crippen LogP contribution is 2.33. The third kappa shape index (κ3) is 2.53. The van der Waals surface area contributed by atoms with Gasteiger partial charge in [-0.05, 0) is 36.6 Å². The first-order valence-corrected chi connectivity index (χ1v) is 7.05. The van der Waals surface area contributed by atoms with Crippen molar-refractivity contribution in [1.82, 2.24) is 0 Å². The molecular weight excluding hydrogens is 267 g/mol. The van der Waals surface area contributed by atoms with E-state index in [-0.39, 0.29) is 5.82 Å². The minimum atomic E-state index is -0.233. The molecule has 0 spiro atoms. The van der Waals surface area contributed by atoms with Gasteiger partial charge in [0.2, 0.25) is 0 Å². The molecule has 0 aromatic heterocycles. The highest BCUT2D eigenvalue weighted by Gasteiger charge is 2.21. The molecule has 21 heavy (non-hydrogen) atoms. The van der Waals surface area contributed by atoms with Crippen molar-refractivity contribution >= 4 is 11.4 Å². The van der Waals surface area contributed by atoms with E-state index in [2.05, 4.69) is 11.0 Å². The zero-order chi connectivity index (χ0) is 15.0. The molecule has 2 aromatic rings. The molecule has 3 rings (SSSR count). The van der Waals surface area contributed by atoms with Gasteiger partial charge >= 0.3 is 0 Å². The molecular formula is C17H19FN2O. The van der Waals surface area contributed by atoms with E-state index >= 15 is 0 Å². The number of aryl methyl sites for hydroxylation is 1. The van der Waals surface area contributed by atoms with Crippen molar-refractivity contribution in [3.63, 3.8) is 0 Å². The highest BCUT2D eigenvalue weighted by atomic mass is 19.1. The highest BCUT2D eigenvalue weighted by molar-refractivity contribution is 5.67. The predicted octanol–water partition coefficient (Wildman–Crippen LogP) is 3.29. The van der Waals surface area contributed by atoms with Crippen LogP contribution in [0.3, 0.4) is 0 Å². The van der Waals surface area contributed by atoms with Crippen LogP contribution in [0.4, 0.5) is 15.8 Å². The summed E-state index contributed by atoms with van der Waals surface area (Å²) in [5, 5.41) is 0. The van der Waals surface area contributed by atoms with Crippen LogP contribution in [0.1, 0.15) is 16.7 Å². The molecule has 0 amide bonds. The predicted molar refractivity (Wildman–Crippen MR) is 83.3 cm³/mol. The van der Waals surface area contributed by atoms with Gasteiger partial charge in [-0.2, -0.15) is 0 Å². The molecule has 3 nitrogen and oxygen atoms in total. The standard InChI is InChI=1S/C17H19FN2O/c1-11-7-12-5-6-20(17(12)9-16(11)19)10-13-3-4-14(21-2)8-15(13)18/h3-4,7-9H,5-6,10,19H2,1-2H3. The van der Waals surface area contributed by atoms with E-state index in [4.69, 9.17) is 10.5 Å². The Morgan fingerprint density at radius 3 is 2.81 bits per heavy atom. The fourth-order valence-electron chi connectivity index (χ4n) is 2.80. The summed E-state index contributed by atoms with van der Waals surface area (Å²) in [6.07, 6.45) is 0.980. The van der Waals surface area contributed by atoms with Gasteiger partial charge < -0.3 is 15.4 Å². The van der Waals surface area contributed by atoms with E-state index in [9.17, 15) is 4.39 Å². The Balaban J connectivity index is 1.87. The van der Waals surface area contributed by atoms with Crippen LogP contribution in [0.25, 0.3) is 0 Å². The summed E-state index contributed by atoms with van der Waals surface area (Å²) >= 11 is 0. The lowest BCUT2D eigenvalue weighted by molar-refractivity contribution is 0.410. The Morgan fingerprint density at radius 1 is 1.29 bits per heavy atom. The van der Waals surface area contributed by atoms with Gasteiger partial charge in [0, 0.05) is 36.1 Å². The summed E-state index contributed by atoms with van der Waals surface area (Å²) in [5.74, 6) is 0.306. The van der Waals surface area contributed by atoms with E-state index in [0.29, 0.717) is 17.9 Å². The summed E-state index contributed by atoms with van der Waals surface area (Å²) in [5.41, 5.74) is 11.0. The molecule has 0 atom stereocenters. The van der Waals surface area contributed by atoms with E-state index < -0.39 is 0 Å². The minimum absolute atomic E-state index is 0.233. The lowest BCUT2D eigenvalue weighted by atomic mass is 10.1. The van der Waals surface area contributed by atoms with Crippen LogP contribution < -0.4 is 15.4 Å². The first kappa shape index (κ1) is 13.7. The smallest absolute Gasteiger partial charge is 0.131 e. The van der Waals surface area contributed by atoms with Gasteiger partial charge in [-0.1, -0.05) is 12.1 Å². The SMILES string of the molecule is COc1ccc(CN2CCc3cc(C)c(N)cc32)c(F)c1. The second kappa shape index (κ2) is 5.28. The number of rotatable bonds is 3. The zero-order valence-electron chi connectivity index (χ0n) is 12.3. The van der Waals surface area contributed by atoms with Crippen molar-refractivity contribution in [2.75, 3.05) is 24.3 Å². The summed E-state index contributed by atoms with van der Waals surface area (Å²) < 4.78 is 19.1. The third-order valence-corrected chi connectivity index (χ3v) is 4.08. The number of hydrogen-bond donors (Lipinski definition) is 1. The van der Waals surface area contributed by atoms with E-state index in [1.165, 1.54) is 18.7 Å². The fourth-order valence-corrected chi connectivity index (χ4v) is 2.80. The van der Waals surface area contributed by atoms with Crippen LogP contribution >= 0.6 is 0 Å². The third-order valence-electron chi connectivity index (χ3n) is 4.08. The topological polar surface area (TPSA) is 38.5 Å². The normalized spacial score (nSPS) is 13.4. The van der Waals surface area contributed by atoms with Crippen molar-refractivity contribution in [3.05, 3.63) is 52.8 Å². The average molecular weight is 286 g/mol. The number of nitrogens with two attached hydrogens (primary N) is 1. The van der Waals surface area contributed by atoms with Crippen LogP contribution in [0.15, 0.2) is 30.3 Å². The molecule has 0 radical (unpaired) electrons. The van der Waals surface area contributed by atoms with Gasteiger partial charge in [0.1, 0.15) is 11.6 Å². The fraction of sp³-hybridized carbons (Fsp3) is 0.294. The molecule has 0 saturated carbocycles. The Labute approximate surface area is 124 Å². The average Bonchev–Trinajstić information content (AvgIpc) is 2.84. The van der Waals surface area contributed by atoms with Crippen LogP contribution in [0, 0.1) is 12.7 Å². The molecule has 110 valence electrons. The second-order valence-corrected chi connectivity index (χ2v) is 5.47. The Hall–Kier alpha value is -2.23. The first-order chi connectivity index (χ1) is 10.1. The van der Waals surface area contributed by atoms with E-state index in [0.717, 1.165) is 29.9 Å². The number of nitrogen functional groups attached to an aromatic ring is 1. The largest absolute Gasteiger partial charge is 0.497 e. The number of halogens is 1. The number of ether oxygens (including phenoxy) is 1. The monoisotopic (exact) mass is 286 g/mol. The van der Waals surface area contributed by atoms with E-state index in [1.807, 2.05) is 13.0 Å². The quantitative estimate of drug-likeness (QED) is 0.880. The minimum Gasteiger partial charge on any atom is -0.497 e. The number of methoxy groups -OCH3 is 1. The molecule has 0 fully saturated rings. The Bertz CT molecular complexity index is 685. The Kier molecular flexibility index (Phi) is 3.45. The van der Waals surface area contributed by atoms with Crippen LogP contribution in [0.5, 0.6) is 5.75 Å². The summed E-state index contributed by atoms with van der Waals surface area (Å²) in [7, 11) is 1.54. The molecule has 2 aromatic carbocycles. The van der Waals surface area contributed by atoms with Crippen molar-refractivity contribution in [1.29, 1.82) is 0 Å². The molecule has 0 aliphatic carbocycles. The van der Waals surface area contributed by atoms with Gasteiger partial charge in [0.15, 0.2) is 0 Å². The molecule has 1 aliphatic heterocycles.